The molecule has 1 aliphatic carbocycles. The van der Waals surface area contributed by atoms with Crippen molar-refractivity contribution in [2.24, 2.45) is 0 Å². The second-order valence-corrected chi connectivity index (χ2v) is 9.14. The summed E-state index contributed by atoms with van der Waals surface area (Å²) in [6, 6.07) is 0.266. The molecule has 0 atom stereocenters. The molecule has 29 heavy (non-hydrogen) atoms. The number of thiophene rings is 1. The summed E-state index contributed by atoms with van der Waals surface area (Å²) in [5.74, 6) is -0.464. The zero-order valence-electron chi connectivity index (χ0n) is 16.6. The van der Waals surface area contributed by atoms with Crippen LogP contribution < -0.4 is 10.6 Å². The van der Waals surface area contributed by atoms with E-state index in [4.69, 9.17) is 0 Å². The molecule has 3 aliphatic rings. The molecule has 0 saturated heterocycles. The lowest BCUT2D eigenvalue weighted by Crippen LogP contribution is -2.38. The third kappa shape index (κ3) is 4.14. The highest BCUT2D eigenvalue weighted by molar-refractivity contribution is 7.17. The molecular formula is C20H26N4O4S. The monoisotopic (exact) mass is 418 g/mol. The van der Waals surface area contributed by atoms with Crippen molar-refractivity contribution < 1.29 is 19.2 Å². The van der Waals surface area contributed by atoms with E-state index in [1.54, 1.807) is 11.9 Å². The van der Waals surface area contributed by atoms with Gasteiger partial charge in [0.15, 0.2) is 0 Å². The Morgan fingerprint density at radius 1 is 1.17 bits per heavy atom. The Bertz CT molecular complexity index is 859. The van der Waals surface area contributed by atoms with Crippen LogP contribution in [-0.4, -0.2) is 59.6 Å². The van der Waals surface area contributed by atoms with Crippen molar-refractivity contribution in [3.05, 3.63) is 16.0 Å². The summed E-state index contributed by atoms with van der Waals surface area (Å²) < 4.78 is 0. The zero-order valence-corrected chi connectivity index (χ0v) is 17.4. The predicted octanol–water partition coefficient (Wildman–Crippen LogP) is 1.50. The van der Waals surface area contributed by atoms with Crippen LogP contribution in [0, 0.1) is 0 Å². The van der Waals surface area contributed by atoms with E-state index in [-0.39, 0.29) is 49.1 Å². The number of nitrogens with zero attached hydrogens (tertiary/aromatic N) is 2. The summed E-state index contributed by atoms with van der Waals surface area (Å²) in [5, 5.41) is 6.42. The number of anilines is 1. The Hall–Kier alpha value is -2.42. The number of rotatable bonds is 4. The Morgan fingerprint density at radius 2 is 1.93 bits per heavy atom. The number of likely N-dealkylation sites (N-methyl/N-ethyl adjacent to an activating group) is 1. The Kier molecular flexibility index (Phi) is 5.58. The first kappa shape index (κ1) is 19.9. The first-order chi connectivity index (χ1) is 13.9. The second-order valence-electron chi connectivity index (χ2n) is 8.03. The molecule has 8 nitrogen and oxygen atoms in total. The summed E-state index contributed by atoms with van der Waals surface area (Å²) in [7, 11) is 1.62. The normalized spacial score (nSPS) is 19.5. The van der Waals surface area contributed by atoms with E-state index in [0.29, 0.717) is 30.1 Å². The van der Waals surface area contributed by atoms with Crippen LogP contribution in [0.15, 0.2) is 0 Å². The van der Waals surface area contributed by atoms with Gasteiger partial charge in [-0.3, -0.25) is 19.2 Å². The van der Waals surface area contributed by atoms with Crippen molar-refractivity contribution in [3.63, 3.8) is 0 Å². The van der Waals surface area contributed by atoms with Gasteiger partial charge in [0.2, 0.25) is 17.7 Å². The molecule has 3 heterocycles. The number of fused-ring (bicyclic) bond motifs is 3. The van der Waals surface area contributed by atoms with E-state index in [1.165, 1.54) is 16.2 Å². The minimum atomic E-state index is -0.209. The Labute approximate surface area is 173 Å². The summed E-state index contributed by atoms with van der Waals surface area (Å²) in [6.07, 6.45) is 5.35. The standard InChI is InChI=1S/C20H26N4O4S/c1-23-11-16(26)22-19-18(20(23)28)13-8-9-24(10-14(13)29-19)17(27)7-6-15(25)21-12-4-2-3-5-12/h12H,2-11H2,1H3,(H,21,25)(H,22,26). The third-order valence-electron chi connectivity index (χ3n) is 5.89. The molecule has 156 valence electrons. The zero-order chi connectivity index (χ0) is 20.5. The maximum atomic E-state index is 12.7. The van der Waals surface area contributed by atoms with Gasteiger partial charge >= 0.3 is 0 Å². The highest BCUT2D eigenvalue weighted by Gasteiger charge is 2.33. The molecule has 0 bridgehead atoms. The molecule has 4 rings (SSSR count). The van der Waals surface area contributed by atoms with Gasteiger partial charge in [-0.05, 0) is 24.8 Å². The van der Waals surface area contributed by atoms with Crippen molar-refractivity contribution >= 4 is 40.0 Å². The lowest BCUT2D eigenvalue weighted by molar-refractivity contribution is -0.134. The minimum absolute atomic E-state index is 0.0442. The first-order valence-electron chi connectivity index (χ1n) is 10.2. The Morgan fingerprint density at radius 3 is 2.69 bits per heavy atom. The summed E-state index contributed by atoms with van der Waals surface area (Å²) >= 11 is 1.37. The molecule has 1 saturated carbocycles. The van der Waals surface area contributed by atoms with Gasteiger partial charge in [0.1, 0.15) is 5.00 Å². The molecule has 0 radical (unpaired) electrons. The van der Waals surface area contributed by atoms with Crippen LogP contribution in [0.5, 0.6) is 0 Å². The van der Waals surface area contributed by atoms with Gasteiger partial charge in [0.05, 0.1) is 18.7 Å². The largest absolute Gasteiger partial charge is 0.353 e. The minimum Gasteiger partial charge on any atom is -0.353 e. The molecule has 0 spiro atoms. The number of carbonyl (C=O) groups is 4. The van der Waals surface area contributed by atoms with Crippen molar-refractivity contribution in [1.29, 1.82) is 0 Å². The van der Waals surface area contributed by atoms with Gasteiger partial charge in [0.25, 0.3) is 5.91 Å². The van der Waals surface area contributed by atoms with Crippen LogP contribution in [0.4, 0.5) is 5.00 Å². The highest BCUT2D eigenvalue weighted by atomic mass is 32.1. The van der Waals surface area contributed by atoms with E-state index < -0.39 is 0 Å². The van der Waals surface area contributed by atoms with Crippen LogP contribution in [0.1, 0.15) is 59.3 Å². The molecule has 9 heteroatoms. The van der Waals surface area contributed by atoms with Gasteiger partial charge in [-0.15, -0.1) is 11.3 Å². The molecule has 2 aliphatic heterocycles. The Balaban J connectivity index is 1.38. The van der Waals surface area contributed by atoms with Crippen LogP contribution in [0.2, 0.25) is 0 Å². The fraction of sp³-hybridized carbons (Fsp3) is 0.600. The summed E-state index contributed by atoms with van der Waals surface area (Å²) in [5.41, 5.74) is 1.51. The molecular weight excluding hydrogens is 392 g/mol. The highest BCUT2D eigenvalue weighted by Crippen LogP contribution is 2.38. The van der Waals surface area contributed by atoms with E-state index in [2.05, 4.69) is 10.6 Å². The number of hydrogen-bond acceptors (Lipinski definition) is 5. The van der Waals surface area contributed by atoms with E-state index in [9.17, 15) is 19.2 Å². The first-order valence-corrected chi connectivity index (χ1v) is 11.0. The number of hydrogen-bond donors (Lipinski definition) is 2. The fourth-order valence-corrected chi connectivity index (χ4v) is 5.60. The summed E-state index contributed by atoms with van der Waals surface area (Å²) in [4.78, 5) is 53.4. The molecule has 0 aromatic carbocycles. The van der Waals surface area contributed by atoms with Gasteiger partial charge in [0, 0.05) is 37.4 Å². The van der Waals surface area contributed by atoms with Crippen molar-refractivity contribution in [2.75, 3.05) is 25.5 Å². The smallest absolute Gasteiger partial charge is 0.257 e. The molecule has 1 aromatic rings. The van der Waals surface area contributed by atoms with Crippen molar-refractivity contribution in [1.82, 2.24) is 15.1 Å². The second kappa shape index (κ2) is 8.14. The number of carbonyl (C=O) groups excluding carboxylic acids is 4. The maximum Gasteiger partial charge on any atom is 0.257 e. The SMILES string of the molecule is CN1CC(=O)Nc2sc3c(c2C1=O)CCN(C(=O)CCC(=O)NC1CCCC1)C3. The molecule has 1 fully saturated rings. The number of nitrogens with one attached hydrogen (secondary N) is 2. The van der Waals surface area contributed by atoms with Gasteiger partial charge in [-0.1, -0.05) is 12.8 Å². The van der Waals surface area contributed by atoms with Gasteiger partial charge < -0.3 is 20.4 Å². The van der Waals surface area contributed by atoms with Crippen LogP contribution in [-0.2, 0) is 27.3 Å². The topological polar surface area (TPSA) is 98.8 Å². The number of amides is 4. The van der Waals surface area contributed by atoms with E-state index in [1.807, 2.05) is 0 Å². The van der Waals surface area contributed by atoms with Crippen LogP contribution in [0.25, 0.3) is 0 Å². The average molecular weight is 419 g/mol. The van der Waals surface area contributed by atoms with E-state index >= 15 is 0 Å². The average Bonchev–Trinajstić information content (AvgIpc) is 3.29. The lowest BCUT2D eigenvalue weighted by Gasteiger charge is -2.27. The molecule has 2 N–H and O–H groups in total. The molecule has 4 amide bonds. The van der Waals surface area contributed by atoms with Crippen molar-refractivity contribution in [2.45, 2.75) is 57.5 Å². The summed E-state index contributed by atoms with van der Waals surface area (Å²) in [6.45, 7) is 0.982. The lowest BCUT2D eigenvalue weighted by atomic mass is 10.0. The third-order valence-corrected chi connectivity index (χ3v) is 7.02. The predicted molar refractivity (Wildman–Crippen MR) is 109 cm³/mol. The van der Waals surface area contributed by atoms with Gasteiger partial charge in [-0.2, -0.15) is 0 Å². The fourth-order valence-electron chi connectivity index (χ4n) is 4.32. The maximum absolute atomic E-state index is 12.7. The molecule has 1 aromatic heterocycles. The van der Waals surface area contributed by atoms with Crippen LogP contribution in [0.3, 0.4) is 0 Å². The molecule has 0 unspecified atom stereocenters. The van der Waals surface area contributed by atoms with Gasteiger partial charge in [-0.25, -0.2) is 0 Å². The van der Waals surface area contributed by atoms with E-state index in [0.717, 1.165) is 36.1 Å². The van der Waals surface area contributed by atoms with Crippen LogP contribution >= 0.6 is 11.3 Å². The van der Waals surface area contributed by atoms with Crippen molar-refractivity contribution in [3.8, 4) is 0 Å². The quantitative estimate of drug-likeness (QED) is 0.774.